The molecule has 0 radical (unpaired) electrons. The maximum Gasteiger partial charge on any atom is 0.333 e. The topological polar surface area (TPSA) is 63.6 Å². The van der Waals surface area contributed by atoms with Gasteiger partial charge in [0.25, 0.3) is 0 Å². The zero-order valence-electron chi connectivity index (χ0n) is 18.4. The molecular formula is C25H36O4. The Kier molecular flexibility index (Phi) is 4.79. The first-order chi connectivity index (χ1) is 13.6. The van der Waals surface area contributed by atoms with Crippen molar-refractivity contribution >= 4 is 11.9 Å². The highest BCUT2D eigenvalue weighted by Gasteiger charge is 2.68. The Morgan fingerprint density at radius 1 is 1.14 bits per heavy atom. The summed E-state index contributed by atoms with van der Waals surface area (Å²) in [5, 5.41) is 10.1. The summed E-state index contributed by atoms with van der Waals surface area (Å²) in [7, 11) is 0. The lowest BCUT2D eigenvalue weighted by Gasteiger charge is -2.63. The van der Waals surface area contributed by atoms with E-state index in [9.17, 15) is 14.7 Å². The first-order valence-electron chi connectivity index (χ1n) is 11.4. The van der Waals surface area contributed by atoms with Crippen LogP contribution in [0.2, 0.25) is 0 Å². The van der Waals surface area contributed by atoms with Gasteiger partial charge in [0.05, 0.1) is 5.41 Å². The fourth-order valence-electron chi connectivity index (χ4n) is 8.10. The van der Waals surface area contributed by atoms with Crippen molar-refractivity contribution in [2.24, 2.45) is 34.0 Å². The summed E-state index contributed by atoms with van der Waals surface area (Å²) < 4.78 is 6.15. The Labute approximate surface area is 174 Å². The van der Waals surface area contributed by atoms with Crippen LogP contribution < -0.4 is 0 Å². The number of allylic oxidation sites excluding steroid dienone is 1. The van der Waals surface area contributed by atoms with E-state index in [-0.39, 0.29) is 28.8 Å². The van der Waals surface area contributed by atoms with Crippen molar-refractivity contribution in [3.8, 4) is 0 Å². The third kappa shape index (κ3) is 2.70. The summed E-state index contributed by atoms with van der Waals surface area (Å²) in [6, 6.07) is 0. The molecule has 4 aliphatic rings. The largest absolute Gasteiger partial charge is 0.481 e. The van der Waals surface area contributed by atoms with Gasteiger partial charge in [0.15, 0.2) is 0 Å². The van der Waals surface area contributed by atoms with Gasteiger partial charge in [-0.15, -0.1) is 0 Å². The van der Waals surface area contributed by atoms with E-state index in [0.717, 1.165) is 56.9 Å². The van der Waals surface area contributed by atoms with Gasteiger partial charge < -0.3 is 9.84 Å². The van der Waals surface area contributed by atoms with Gasteiger partial charge in [0.2, 0.25) is 0 Å². The van der Waals surface area contributed by atoms with Crippen LogP contribution in [0.15, 0.2) is 23.8 Å². The van der Waals surface area contributed by atoms with E-state index in [1.807, 2.05) is 13.8 Å². The lowest BCUT2D eigenvalue weighted by molar-refractivity contribution is -0.195. The average Bonchev–Trinajstić information content (AvgIpc) is 2.87. The molecular weight excluding hydrogens is 364 g/mol. The summed E-state index contributed by atoms with van der Waals surface area (Å²) in [4.78, 5) is 25.0. The second kappa shape index (κ2) is 6.72. The fraction of sp³-hybridized carbons (Fsp3) is 0.760. The van der Waals surface area contributed by atoms with Crippen molar-refractivity contribution in [2.75, 3.05) is 0 Å². The Morgan fingerprint density at radius 3 is 2.52 bits per heavy atom. The lowest BCUT2D eigenvalue weighted by Crippen LogP contribution is -2.60. The summed E-state index contributed by atoms with van der Waals surface area (Å²) in [6.07, 6.45) is 9.50. The standard InChI is InChI=1S/C25H36O4/c1-6-15(2)21(26)29-20-16(3)17-8-9-19-23(4)11-7-12-24(5,22(27)28)18(23)10-13-25(19,20)14-17/h6,17-20H,3,7-14H2,1-2,4-5H3,(H,27,28)/b15-6-/t17-,18-,19+,20+,23-,24-,25-/m1/s1. The van der Waals surface area contributed by atoms with Gasteiger partial charge in [0, 0.05) is 11.0 Å². The zero-order chi connectivity index (χ0) is 21.2. The zero-order valence-corrected chi connectivity index (χ0v) is 18.4. The fourth-order valence-corrected chi connectivity index (χ4v) is 8.10. The average molecular weight is 401 g/mol. The van der Waals surface area contributed by atoms with Crippen LogP contribution in [0.25, 0.3) is 0 Å². The molecule has 2 bridgehead atoms. The van der Waals surface area contributed by atoms with Crippen molar-refractivity contribution < 1.29 is 19.4 Å². The summed E-state index contributed by atoms with van der Waals surface area (Å²) >= 11 is 0. The van der Waals surface area contributed by atoms with E-state index < -0.39 is 11.4 Å². The number of hydrogen-bond acceptors (Lipinski definition) is 3. The van der Waals surface area contributed by atoms with E-state index in [1.54, 1.807) is 13.0 Å². The second-order valence-electron chi connectivity index (χ2n) is 10.8. The van der Waals surface area contributed by atoms with Crippen LogP contribution in [0.3, 0.4) is 0 Å². The highest BCUT2D eigenvalue weighted by atomic mass is 16.5. The van der Waals surface area contributed by atoms with Crippen molar-refractivity contribution in [2.45, 2.75) is 85.2 Å². The molecule has 4 rings (SSSR count). The van der Waals surface area contributed by atoms with Crippen LogP contribution in [-0.4, -0.2) is 23.1 Å². The quantitative estimate of drug-likeness (QED) is 0.384. The molecule has 160 valence electrons. The third-order valence-corrected chi connectivity index (χ3v) is 9.65. The molecule has 7 atom stereocenters. The van der Waals surface area contributed by atoms with Gasteiger partial charge in [-0.2, -0.15) is 0 Å². The first-order valence-corrected chi connectivity index (χ1v) is 11.4. The normalized spacial score (nSPS) is 46.6. The summed E-state index contributed by atoms with van der Waals surface area (Å²) in [6.45, 7) is 12.4. The molecule has 0 aromatic rings. The number of ether oxygens (including phenoxy) is 1. The Bertz CT molecular complexity index is 782. The first kappa shape index (κ1) is 20.7. The Balaban J connectivity index is 1.73. The Morgan fingerprint density at radius 2 is 1.86 bits per heavy atom. The van der Waals surface area contributed by atoms with E-state index in [4.69, 9.17) is 4.74 Å². The van der Waals surface area contributed by atoms with Gasteiger partial charge in [0.1, 0.15) is 6.10 Å². The SMILES string of the molecule is C=C1[C@@H]2CC[C@H]3[C@]4(C)CCC[C@@](C)(C(=O)O)[C@@H]4CC[C@]3(C2)[C@H]1OC(=O)/C(C)=C\C. The molecule has 0 saturated heterocycles. The molecule has 4 fully saturated rings. The maximum atomic E-state index is 12.7. The van der Waals surface area contributed by atoms with Gasteiger partial charge in [-0.25, -0.2) is 4.79 Å². The Hall–Kier alpha value is -1.58. The number of hydrogen-bond donors (Lipinski definition) is 1. The molecule has 1 N–H and O–H groups in total. The van der Waals surface area contributed by atoms with Crippen molar-refractivity contribution in [1.82, 2.24) is 0 Å². The van der Waals surface area contributed by atoms with Crippen LogP contribution >= 0.6 is 0 Å². The van der Waals surface area contributed by atoms with Crippen LogP contribution in [0, 0.1) is 34.0 Å². The number of rotatable bonds is 3. The molecule has 4 nitrogen and oxygen atoms in total. The van der Waals surface area contributed by atoms with Gasteiger partial charge >= 0.3 is 11.9 Å². The van der Waals surface area contributed by atoms with Crippen LogP contribution in [-0.2, 0) is 14.3 Å². The summed E-state index contributed by atoms with van der Waals surface area (Å²) in [5.41, 5.74) is 1.02. The molecule has 0 aromatic heterocycles. The molecule has 29 heavy (non-hydrogen) atoms. The van der Waals surface area contributed by atoms with Crippen LogP contribution in [0.1, 0.15) is 79.1 Å². The van der Waals surface area contributed by atoms with Crippen molar-refractivity contribution in [1.29, 1.82) is 0 Å². The van der Waals surface area contributed by atoms with Crippen molar-refractivity contribution in [3.05, 3.63) is 23.8 Å². The highest BCUT2D eigenvalue weighted by Crippen LogP contribution is 2.72. The minimum Gasteiger partial charge on any atom is -0.481 e. The number of carboxylic acid groups (broad SMARTS) is 1. The minimum atomic E-state index is -0.644. The van der Waals surface area contributed by atoms with Gasteiger partial charge in [-0.05, 0) is 94.5 Å². The molecule has 0 heterocycles. The maximum absolute atomic E-state index is 12.7. The number of carbonyl (C=O) groups is 2. The van der Waals surface area contributed by atoms with Crippen LogP contribution in [0.4, 0.5) is 0 Å². The van der Waals surface area contributed by atoms with Crippen LogP contribution in [0.5, 0.6) is 0 Å². The molecule has 0 aromatic carbocycles. The van der Waals surface area contributed by atoms with Crippen molar-refractivity contribution in [3.63, 3.8) is 0 Å². The molecule has 4 heteroatoms. The lowest BCUT2D eigenvalue weighted by atomic mass is 9.40. The van der Waals surface area contributed by atoms with Gasteiger partial charge in [-0.1, -0.05) is 26.0 Å². The van der Waals surface area contributed by atoms with E-state index in [0.29, 0.717) is 17.4 Å². The number of aliphatic carboxylic acids is 1. The third-order valence-electron chi connectivity index (χ3n) is 9.65. The molecule has 1 spiro atoms. The molecule has 0 aliphatic heterocycles. The summed E-state index contributed by atoms with van der Waals surface area (Å²) in [5.74, 6) is 0.151. The molecule has 4 saturated carbocycles. The second-order valence-corrected chi connectivity index (χ2v) is 10.8. The van der Waals surface area contributed by atoms with E-state index >= 15 is 0 Å². The smallest absolute Gasteiger partial charge is 0.333 e. The highest BCUT2D eigenvalue weighted by molar-refractivity contribution is 5.88. The molecule has 4 aliphatic carbocycles. The predicted molar refractivity (Wildman–Crippen MR) is 112 cm³/mol. The number of fused-ring (bicyclic) bond motifs is 3. The number of esters is 1. The van der Waals surface area contributed by atoms with E-state index in [1.165, 1.54) is 0 Å². The van der Waals surface area contributed by atoms with Gasteiger partial charge in [-0.3, -0.25) is 4.79 Å². The number of carboxylic acids is 1. The van der Waals surface area contributed by atoms with E-state index in [2.05, 4.69) is 13.5 Å². The number of carbonyl (C=O) groups excluding carboxylic acids is 1. The monoisotopic (exact) mass is 400 g/mol. The minimum absolute atomic E-state index is 0.0144. The molecule has 0 amide bonds. The predicted octanol–water partition coefficient (Wildman–Crippen LogP) is 5.53. The molecule has 0 unspecified atom stereocenters.